The molecular formula is C16H20N2O2. The lowest BCUT2D eigenvalue weighted by molar-refractivity contribution is -0.123. The second-order valence-corrected chi connectivity index (χ2v) is 5.64. The summed E-state index contributed by atoms with van der Waals surface area (Å²) in [6.07, 6.45) is 5.86. The van der Waals surface area contributed by atoms with E-state index in [1.165, 1.54) is 6.42 Å². The van der Waals surface area contributed by atoms with Crippen LogP contribution in [0.1, 0.15) is 38.5 Å². The highest BCUT2D eigenvalue weighted by Crippen LogP contribution is 2.32. The van der Waals surface area contributed by atoms with E-state index in [2.05, 4.69) is 5.32 Å². The van der Waals surface area contributed by atoms with Crippen LogP contribution in [-0.4, -0.2) is 18.4 Å². The zero-order valence-corrected chi connectivity index (χ0v) is 11.6. The van der Waals surface area contributed by atoms with Crippen LogP contribution in [-0.2, 0) is 9.59 Å². The molecule has 0 saturated heterocycles. The van der Waals surface area contributed by atoms with Gasteiger partial charge in [0.25, 0.3) is 0 Å². The van der Waals surface area contributed by atoms with Gasteiger partial charge in [0.2, 0.25) is 11.8 Å². The van der Waals surface area contributed by atoms with Crippen molar-refractivity contribution < 1.29 is 9.59 Å². The molecule has 106 valence electrons. The number of hydrogen-bond acceptors (Lipinski definition) is 2. The molecule has 0 unspecified atom stereocenters. The van der Waals surface area contributed by atoms with E-state index in [0.29, 0.717) is 13.0 Å². The Morgan fingerprint density at radius 2 is 1.90 bits per heavy atom. The van der Waals surface area contributed by atoms with Gasteiger partial charge in [0.05, 0.1) is 11.4 Å². The smallest absolute Gasteiger partial charge is 0.230 e. The molecule has 2 aliphatic rings. The Hall–Kier alpha value is -1.84. The van der Waals surface area contributed by atoms with E-state index < -0.39 is 0 Å². The molecule has 1 saturated carbocycles. The molecule has 2 amide bonds. The Labute approximate surface area is 119 Å². The number of rotatable bonds is 1. The minimum atomic E-state index is -0.0172. The Bertz CT molecular complexity index is 521. The molecule has 0 spiro atoms. The fourth-order valence-corrected chi connectivity index (χ4v) is 3.16. The van der Waals surface area contributed by atoms with E-state index >= 15 is 0 Å². The number of carbonyl (C=O) groups excluding carboxylic acids is 2. The Morgan fingerprint density at radius 3 is 2.70 bits per heavy atom. The summed E-state index contributed by atoms with van der Waals surface area (Å²) in [6, 6.07) is 7.58. The summed E-state index contributed by atoms with van der Waals surface area (Å²) in [5, 5.41) is 2.88. The highest BCUT2D eigenvalue weighted by Gasteiger charge is 2.29. The Kier molecular flexibility index (Phi) is 3.72. The Balaban J connectivity index is 1.88. The molecule has 4 nitrogen and oxygen atoms in total. The van der Waals surface area contributed by atoms with Gasteiger partial charge < -0.3 is 10.2 Å². The standard InChI is InChI=1S/C16H20N2O2/c19-15-10-11-18(14-9-5-4-8-13(14)17-15)16(20)12-6-2-1-3-7-12/h4-5,8-9,12H,1-3,6-7,10-11H2,(H,17,19). The molecule has 1 aliphatic carbocycles. The van der Waals surface area contributed by atoms with Gasteiger partial charge in [0, 0.05) is 18.9 Å². The number of nitrogens with zero attached hydrogens (tertiary/aromatic N) is 1. The van der Waals surface area contributed by atoms with Crippen molar-refractivity contribution in [3.05, 3.63) is 24.3 Å². The molecule has 4 heteroatoms. The van der Waals surface area contributed by atoms with Gasteiger partial charge in [-0.3, -0.25) is 9.59 Å². The summed E-state index contributed by atoms with van der Waals surface area (Å²) in [4.78, 5) is 26.3. The van der Waals surface area contributed by atoms with Gasteiger partial charge in [-0.15, -0.1) is 0 Å². The average Bonchev–Trinajstić information content (AvgIpc) is 2.66. The van der Waals surface area contributed by atoms with Gasteiger partial charge in [-0.05, 0) is 25.0 Å². The topological polar surface area (TPSA) is 49.4 Å². The number of para-hydroxylation sites is 2. The third kappa shape index (κ3) is 2.55. The largest absolute Gasteiger partial charge is 0.324 e. The lowest BCUT2D eigenvalue weighted by Crippen LogP contribution is -2.37. The summed E-state index contributed by atoms with van der Waals surface area (Å²) in [5.41, 5.74) is 1.59. The number of amides is 2. The van der Waals surface area contributed by atoms with Crippen molar-refractivity contribution in [2.75, 3.05) is 16.8 Å². The van der Waals surface area contributed by atoms with Crippen LogP contribution in [0.5, 0.6) is 0 Å². The van der Waals surface area contributed by atoms with Crippen LogP contribution in [0.2, 0.25) is 0 Å². The van der Waals surface area contributed by atoms with Gasteiger partial charge in [-0.1, -0.05) is 31.4 Å². The van der Waals surface area contributed by atoms with Crippen LogP contribution in [0.3, 0.4) is 0 Å². The van der Waals surface area contributed by atoms with Crippen LogP contribution < -0.4 is 10.2 Å². The molecule has 1 aromatic carbocycles. The summed E-state index contributed by atoms with van der Waals surface area (Å²) in [5.74, 6) is 0.301. The number of nitrogens with one attached hydrogen (secondary N) is 1. The molecular weight excluding hydrogens is 252 g/mol. The maximum absolute atomic E-state index is 12.8. The van der Waals surface area contributed by atoms with E-state index in [4.69, 9.17) is 0 Å². The summed E-state index contributed by atoms with van der Waals surface area (Å²) >= 11 is 0. The molecule has 0 atom stereocenters. The summed E-state index contributed by atoms with van der Waals surface area (Å²) in [6.45, 7) is 0.484. The van der Waals surface area contributed by atoms with Gasteiger partial charge in [0.15, 0.2) is 0 Å². The monoisotopic (exact) mass is 272 g/mol. The molecule has 1 aliphatic heterocycles. The normalized spacial score (nSPS) is 20.0. The van der Waals surface area contributed by atoms with Crippen LogP contribution in [0.4, 0.5) is 11.4 Å². The highest BCUT2D eigenvalue weighted by molar-refractivity contribution is 6.04. The molecule has 1 heterocycles. The second kappa shape index (κ2) is 5.65. The maximum Gasteiger partial charge on any atom is 0.230 e. The van der Waals surface area contributed by atoms with Crippen molar-refractivity contribution in [3.63, 3.8) is 0 Å². The van der Waals surface area contributed by atoms with E-state index in [9.17, 15) is 9.59 Å². The lowest BCUT2D eigenvalue weighted by atomic mass is 9.88. The minimum Gasteiger partial charge on any atom is -0.324 e. The molecule has 3 rings (SSSR count). The number of benzene rings is 1. The molecule has 0 bridgehead atoms. The van der Waals surface area contributed by atoms with E-state index in [1.807, 2.05) is 29.2 Å². The molecule has 0 aromatic heterocycles. The van der Waals surface area contributed by atoms with Crippen LogP contribution >= 0.6 is 0 Å². The summed E-state index contributed by atoms with van der Waals surface area (Å²) < 4.78 is 0. The minimum absolute atomic E-state index is 0.0172. The molecule has 1 N–H and O–H groups in total. The Morgan fingerprint density at radius 1 is 1.15 bits per heavy atom. The molecule has 20 heavy (non-hydrogen) atoms. The number of carbonyl (C=O) groups is 2. The first-order valence-corrected chi connectivity index (χ1v) is 7.46. The maximum atomic E-state index is 12.8. The van der Waals surface area contributed by atoms with Crippen molar-refractivity contribution >= 4 is 23.2 Å². The van der Waals surface area contributed by atoms with E-state index in [0.717, 1.165) is 37.1 Å². The van der Waals surface area contributed by atoms with Crippen LogP contribution in [0.15, 0.2) is 24.3 Å². The first-order chi connectivity index (χ1) is 9.75. The fourth-order valence-electron chi connectivity index (χ4n) is 3.16. The second-order valence-electron chi connectivity index (χ2n) is 5.64. The number of anilines is 2. The molecule has 1 aromatic rings. The predicted octanol–water partition coefficient (Wildman–Crippen LogP) is 2.94. The van der Waals surface area contributed by atoms with Crippen molar-refractivity contribution in [2.24, 2.45) is 5.92 Å². The highest BCUT2D eigenvalue weighted by atomic mass is 16.2. The molecule has 1 fully saturated rings. The van der Waals surface area contributed by atoms with Gasteiger partial charge in [-0.2, -0.15) is 0 Å². The third-order valence-electron chi connectivity index (χ3n) is 4.25. The third-order valence-corrected chi connectivity index (χ3v) is 4.25. The summed E-state index contributed by atoms with van der Waals surface area (Å²) in [7, 11) is 0. The zero-order valence-electron chi connectivity index (χ0n) is 11.6. The van der Waals surface area contributed by atoms with Gasteiger partial charge >= 0.3 is 0 Å². The molecule has 0 radical (unpaired) electrons. The van der Waals surface area contributed by atoms with Crippen molar-refractivity contribution in [1.29, 1.82) is 0 Å². The van der Waals surface area contributed by atoms with Gasteiger partial charge in [-0.25, -0.2) is 0 Å². The van der Waals surface area contributed by atoms with Crippen molar-refractivity contribution in [1.82, 2.24) is 0 Å². The quantitative estimate of drug-likeness (QED) is 0.854. The van der Waals surface area contributed by atoms with Crippen LogP contribution in [0, 0.1) is 5.92 Å². The van der Waals surface area contributed by atoms with E-state index in [-0.39, 0.29) is 17.7 Å². The van der Waals surface area contributed by atoms with Crippen LogP contribution in [0.25, 0.3) is 0 Å². The zero-order chi connectivity index (χ0) is 13.9. The average molecular weight is 272 g/mol. The lowest BCUT2D eigenvalue weighted by Gasteiger charge is -2.29. The number of fused-ring (bicyclic) bond motifs is 1. The first-order valence-electron chi connectivity index (χ1n) is 7.46. The van der Waals surface area contributed by atoms with Gasteiger partial charge in [0.1, 0.15) is 0 Å². The SMILES string of the molecule is O=C1CCN(C(=O)C2CCCCC2)c2ccccc2N1. The van der Waals surface area contributed by atoms with Crippen molar-refractivity contribution in [3.8, 4) is 0 Å². The fraction of sp³-hybridized carbons (Fsp3) is 0.500. The number of hydrogen-bond donors (Lipinski definition) is 1. The first kappa shape index (κ1) is 13.2. The van der Waals surface area contributed by atoms with E-state index in [1.54, 1.807) is 0 Å². The van der Waals surface area contributed by atoms with Crippen molar-refractivity contribution in [2.45, 2.75) is 38.5 Å². The predicted molar refractivity (Wildman–Crippen MR) is 78.6 cm³/mol.